The van der Waals surface area contributed by atoms with E-state index < -0.39 is 35.4 Å². The molecule has 1 fully saturated rings. The van der Waals surface area contributed by atoms with Gasteiger partial charge in [-0.05, 0) is 6.92 Å². The molecule has 1 saturated heterocycles. The molecule has 1 aliphatic rings. The van der Waals surface area contributed by atoms with Crippen molar-refractivity contribution in [3.8, 4) is 0 Å². The second kappa shape index (κ2) is 3.80. The van der Waals surface area contributed by atoms with Gasteiger partial charge in [0.15, 0.2) is 5.54 Å². The van der Waals surface area contributed by atoms with E-state index in [4.69, 9.17) is 5.11 Å². The number of nitrogens with one attached hydrogen (secondary N) is 3. The average molecular weight is 229 g/mol. The van der Waals surface area contributed by atoms with E-state index in [1.807, 2.05) is 5.32 Å². The molecular weight excluding hydrogens is 218 g/mol. The van der Waals surface area contributed by atoms with Crippen LogP contribution in [0.1, 0.15) is 13.8 Å². The molecule has 88 valence electrons. The summed E-state index contributed by atoms with van der Waals surface area (Å²) in [5.41, 5.74) is -1.87. The summed E-state index contributed by atoms with van der Waals surface area (Å²) in [6.07, 6.45) is 0. The second-order valence-corrected chi connectivity index (χ2v) is 3.58. The zero-order chi connectivity index (χ0) is 12.5. The van der Waals surface area contributed by atoms with E-state index in [1.54, 1.807) is 0 Å². The van der Waals surface area contributed by atoms with Crippen molar-refractivity contribution in [1.82, 2.24) is 16.0 Å². The first-order valence-corrected chi connectivity index (χ1v) is 4.41. The van der Waals surface area contributed by atoms with Crippen LogP contribution in [0.2, 0.25) is 0 Å². The molecular formula is C8H11N3O5. The lowest BCUT2D eigenvalue weighted by atomic mass is 9.92. The molecule has 0 aromatic rings. The van der Waals surface area contributed by atoms with Crippen molar-refractivity contribution in [2.24, 2.45) is 0 Å². The van der Waals surface area contributed by atoms with E-state index in [0.717, 1.165) is 13.8 Å². The summed E-state index contributed by atoms with van der Waals surface area (Å²) in [6, 6.07) is -2.12. The van der Waals surface area contributed by atoms with E-state index in [-0.39, 0.29) is 0 Å². The molecule has 8 nitrogen and oxygen atoms in total. The first-order valence-electron chi connectivity index (χ1n) is 4.41. The van der Waals surface area contributed by atoms with Gasteiger partial charge in [0.1, 0.15) is 6.04 Å². The SMILES string of the molecule is CC(=O)NC(C)(C(=O)O)C1NC(=O)NC1=O. The van der Waals surface area contributed by atoms with E-state index in [9.17, 15) is 19.2 Å². The molecule has 0 aromatic carbocycles. The van der Waals surface area contributed by atoms with Crippen molar-refractivity contribution in [2.75, 3.05) is 0 Å². The summed E-state index contributed by atoms with van der Waals surface area (Å²) in [5.74, 6) is -2.81. The van der Waals surface area contributed by atoms with E-state index in [0.29, 0.717) is 0 Å². The molecule has 0 bridgehead atoms. The highest BCUT2D eigenvalue weighted by Gasteiger charge is 2.50. The predicted octanol–water partition coefficient (Wildman–Crippen LogP) is -1.83. The van der Waals surface area contributed by atoms with Crippen LogP contribution >= 0.6 is 0 Å². The number of urea groups is 1. The van der Waals surface area contributed by atoms with Gasteiger partial charge in [0, 0.05) is 6.92 Å². The Bertz CT molecular complexity index is 380. The van der Waals surface area contributed by atoms with Crippen LogP contribution in [0, 0.1) is 0 Å². The summed E-state index contributed by atoms with van der Waals surface area (Å²) in [7, 11) is 0. The normalized spacial score (nSPS) is 23.0. The van der Waals surface area contributed by atoms with Crippen molar-refractivity contribution in [1.29, 1.82) is 0 Å². The number of carbonyl (C=O) groups excluding carboxylic acids is 3. The van der Waals surface area contributed by atoms with Crippen LogP contribution in [0.3, 0.4) is 0 Å². The highest BCUT2D eigenvalue weighted by atomic mass is 16.4. The van der Waals surface area contributed by atoms with Gasteiger partial charge in [-0.2, -0.15) is 0 Å². The first-order chi connectivity index (χ1) is 7.27. The molecule has 0 aromatic heterocycles. The molecule has 0 saturated carbocycles. The minimum Gasteiger partial charge on any atom is -0.479 e. The minimum atomic E-state index is -1.87. The van der Waals surface area contributed by atoms with Gasteiger partial charge in [-0.1, -0.05) is 0 Å². The van der Waals surface area contributed by atoms with E-state index in [1.165, 1.54) is 0 Å². The van der Waals surface area contributed by atoms with Crippen LogP contribution in [0.5, 0.6) is 0 Å². The molecule has 1 heterocycles. The van der Waals surface area contributed by atoms with Crippen molar-refractivity contribution in [2.45, 2.75) is 25.4 Å². The van der Waals surface area contributed by atoms with Crippen molar-refractivity contribution < 1.29 is 24.3 Å². The Labute approximate surface area is 90.4 Å². The molecule has 0 aliphatic carbocycles. The summed E-state index contributed by atoms with van der Waals surface area (Å²) in [4.78, 5) is 44.1. The van der Waals surface area contributed by atoms with Gasteiger partial charge in [-0.3, -0.25) is 14.9 Å². The fourth-order valence-electron chi connectivity index (χ4n) is 1.44. The highest BCUT2D eigenvalue weighted by molar-refractivity contribution is 6.08. The summed E-state index contributed by atoms with van der Waals surface area (Å²) in [6.45, 7) is 2.27. The first kappa shape index (κ1) is 12.0. The molecule has 1 rings (SSSR count). The highest BCUT2D eigenvalue weighted by Crippen LogP contribution is 2.14. The summed E-state index contributed by atoms with van der Waals surface area (Å²) in [5, 5.41) is 15.2. The lowest BCUT2D eigenvalue weighted by molar-refractivity contribution is -0.149. The number of rotatable bonds is 3. The van der Waals surface area contributed by atoms with Crippen LogP contribution in [0.15, 0.2) is 0 Å². The molecule has 4 amide bonds. The van der Waals surface area contributed by atoms with Crippen LogP contribution < -0.4 is 16.0 Å². The third-order valence-electron chi connectivity index (χ3n) is 2.23. The predicted molar refractivity (Wildman–Crippen MR) is 50.3 cm³/mol. The van der Waals surface area contributed by atoms with Gasteiger partial charge in [0.2, 0.25) is 5.91 Å². The number of amides is 4. The van der Waals surface area contributed by atoms with Gasteiger partial charge in [0.25, 0.3) is 5.91 Å². The number of imide groups is 1. The molecule has 2 unspecified atom stereocenters. The maximum Gasteiger partial charge on any atom is 0.331 e. The maximum absolute atomic E-state index is 11.3. The minimum absolute atomic E-state index is 0.612. The third-order valence-corrected chi connectivity index (χ3v) is 2.23. The van der Waals surface area contributed by atoms with Crippen LogP contribution in [0.4, 0.5) is 4.79 Å². The van der Waals surface area contributed by atoms with E-state index >= 15 is 0 Å². The van der Waals surface area contributed by atoms with Crippen LogP contribution in [0.25, 0.3) is 0 Å². The topological polar surface area (TPSA) is 125 Å². The smallest absolute Gasteiger partial charge is 0.331 e. The Morgan fingerprint density at radius 2 is 2.00 bits per heavy atom. The molecule has 1 aliphatic heterocycles. The number of carboxylic acid groups (broad SMARTS) is 1. The molecule has 0 spiro atoms. The van der Waals surface area contributed by atoms with Crippen LogP contribution in [-0.2, 0) is 14.4 Å². The number of carbonyl (C=O) groups is 4. The van der Waals surface area contributed by atoms with Gasteiger partial charge in [0.05, 0.1) is 0 Å². The van der Waals surface area contributed by atoms with Gasteiger partial charge >= 0.3 is 12.0 Å². The summed E-state index contributed by atoms with van der Waals surface area (Å²) < 4.78 is 0. The Hall–Kier alpha value is -2.12. The third kappa shape index (κ3) is 1.95. The monoisotopic (exact) mass is 229 g/mol. The number of carboxylic acids is 1. The van der Waals surface area contributed by atoms with Gasteiger partial charge < -0.3 is 15.7 Å². The molecule has 4 N–H and O–H groups in total. The second-order valence-electron chi connectivity index (χ2n) is 3.58. The van der Waals surface area contributed by atoms with Crippen molar-refractivity contribution >= 4 is 23.8 Å². The van der Waals surface area contributed by atoms with Gasteiger partial charge in [-0.25, -0.2) is 9.59 Å². The lowest BCUT2D eigenvalue weighted by Crippen LogP contribution is -2.64. The Kier molecular flexibility index (Phi) is 2.84. The fraction of sp³-hybridized carbons (Fsp3) is 0.500. The lowest BCUT2D eigenvalue weighted by Gasteiger charge is -2.29. The van der Waals surface area contributed by atoms with Gasteiger partial charge in [-0.15, -0.1) is 0 Å². The Morgan fingerprint density at radius 3 is 2.31 bits per heavy atom. The quantitative estimate of drug-likeness (QED) is 0.424. The molecule has 0 radical (unpaired) electrons. The zero-order valence-electron chi connectivity index (χ0n) is 8.66. The fourth-order valence-corrected chi connectivity index (χ4v) is 1.44. The summed E-state index contributed by atoms with van der Waals surface area (Å²) >= 11 is 0. The zero-order valence-corrected chi connectivity index (χ0v) is 8.66. The molecule has 2 atom stereocenters. The van der Waals surface area contributed by atoms with Crippen molar-refractivity contribution in [3.63, 3.8) is 0 Å². The Balaban J connectivity index is 3.02. The standard InChI is InChI=1S/C8H11N3O5/c1-3(12)11-8(2,6(14)15)4-5(13)10-7(16)9-4/h4H,1-2H3,(H,11,12)(H,14,15)(H2,9,10,13,16). The largest absolute Gasteiger partial charge is 0.479 e. The average Bonchev–Trinajstić information content (AvgIpc) is 2.44. The van der Waals surface area contributed by atoms with Crippen molar-refractivity contribution in [3.05, 3.63) is 0 Å². The molecule has 8 heteroatoms. The molecule has 16 heavy (non-hydrogen) atoms. The maximum atomic E-state index is 11.3. The number of hydrogen-bond acceptors (Lipinski definition) is 4. The van der Waals surface area contributed by atoms with Crippen LogP contribution in [-0.4, -0.2) is 40.5 Å². The Morgan fingerprint density at radius 1 is 1.44 bits per heavy atom. The number of hydrogen-bond donors (Lipinski definition) is 4. The van der Waals surface area contributed by atoms with E-state index in [2.05, 4.69) is 10.6 Å². The number of aliphatic carboxylic acids is 1.